The highest BCUT2D eigenvalue weighted by atomic mass is 32.1. The normalized spacial score (nSPS) is 31.5. The minimum Gasteiger partial charge on any atom is -0.254 e. The molecule has 0 saturated carbocycles. The van der Waals surface area contributed by atoms with Gasteiger partial charge in [-0.05, 0) is 18.3 Å². The van der Waals surface area contributed by atoms with Crippen molar-refractivity contribution in [2.75, 3.05) is 11.9 Å². The second-order valence-electron chi connectivity index (χ2n) is 1.83. The molecule has 3 N–H and O–H groups in total. The van der Waals surface area contributed by atoms with Gasteiger partial charge in [-0.1, -0.05) is 0 Å². The van der Waals surface area contributed by atoms with Crippen LogP contribution in [0.3, 0.4) is 0 Å². The minimum absolute atomic E-state index is 0.0643. The molecule has 1 heterocycles. The monoisotopic (exact) mass is 215 g/mol. The number of hydrogen-bond acceptors (Lipinski definition) is 4. The van der Waals surface area contributed by atoms with Crippen LogP contribution in [0.1, 0.15) is 6.42 Å². The molecule has 0 aromatic rings. The summed E-state index contributed by atoms with van der Waals surface area (Å²) < 4.78 is 0. The molecule has 60 valence electrons. The van der Waals surface area contributed by atoms with Crippen LogP contribution in [0.15, 0.2) is 0 Å². The highest BCUT2D eigenvalue weighted by Gasteiger charge is 2.09. The quantitative estimate of drug-likeness (QED) is 0.424. The molecule has 0 bridgehead atoms. The van der Waals surface area contributed by atoms with Crippen molar-refractivity contribution in [2.24, 2.45) is 0 Å². The molecule has 2 atom stereocenters. The predicted octanol–water partition coefficient (Wildman–Crippen LogP) is 1.42. The second-order valence-corrected chi connectivity index (χ2v) is 6.87. The van der Waals surface area contributed by atoms with E-state index in [4.69, 9.17) is 0 Å². The molecule has 1 fully saturated rings. The lowest BCUT2D eigenvalue weighted by atomic mass is 10.6. The van der Waals surface area contributed by atoms with Gasteiger partial charge in [0.1, 0.15) is 0 Å². The van der Waals surface area contributed by atoms with E-state index in [1.807, 2.05) is 0 Å². The van der Waals surface area contributed by atoms with Gasteiger partial charge in [0.2, 0.25) is 0 Å². The summed E-state index contributed by atoms with van der Waals surface area (Å²) in [6.45, 7) is 0. The molecule has 10 heavy (non-hydrogen) atoms. The van der Waals surface area contributed by atoms with E-state index in [1.54, 1.807) is 0 Å². The zero-order valence-corrected chi connectivity index (χ0v) is 9.30. The molecule has 1 aliphatic heterocycles. The van der Waals surface area contributed by atoms with Crippen LogP contribution < -0.4 is 14.6 Å². The van der Waals surface area contributed by atoms with Crippen LogP contribution in [0.4, 0.5) is 0 Å². The molecule has 7 heteroatoms. The van der Waals surface area contributed by atoms with Crippen LogP contribution in [0.25, 0.3) is 0 Å². The summed E-state index contributed by atoms with van der Waals surface area (Å²) in [5.74, 6) is 1.00. The third-order valence-electron chi connectivity index (χ3n) is 1.05. The number of rotatable bonds is 3. The largest absolute Gasteiger partial charge is 0.254 e. The van der Waals surface area contributed by atoms with Crippen molar-refractivity contribution in [3.63, 3.8) is 0 Å². The Morgan fingerprint density at radius 3 is 2.60 bits per heavy atom. The molecule has 0 aliphatic carbocycles. The maximum absolute atomic E-state index is 4.16. The van der Waals surface area contributed by atoms with Gasteiger partial charge >= 0.3 is 0 Å². The van der Waals surface area contributed by atoms with E-state index in [9.17, 15) is 0 Å². The summed E-state index contributed by atoms with van der Waals surface area (Å²) in [7, 11) is 1.43. The van der Waals surface area contributed by atoms with E-state index >= 15 is 0 Å². The number of hydrogen-bond donors (Lipinski definition) is 4. The third kappa shape index (κ3) is 3.78. The Hall–Kier alpha value is 1.52. The first-order valence-electron chi connectivity index (χ1n) is 3.08. The van der Waals surface area contributed by atoms with Crippen LogP contribution in [0.2, 0.25) is 0 Å². The Bertz CT molecular complexity index is 89.1. The van der Waals surface area contributed by atoms with E-state index in [1.165, 1.54) is 12.6 Å². The molecule has 1 rings (SSSR count). The maximum atomic E-state index is 4.16. The van der Waals surface area contributed by atoms with Crippen molar-refractivity contribution in [3.8, 4) is 0 Å². The summed E-state index contributed by atoms with van der Waals surface area (Å²) in [6, 6.07) is 0. The van der Waals surface area contributed by atoms with Gasteiger partial charge in [-0.3, -0.25) is 14.6 Å². The fourth-order valence-electron chi connectivity index (χ4n) is 0.591. The Kier molecular flexibility index (Phi) is 5.84. The lowest BCUT2D eigenvalue weighted by molar-refractivity contribution is 1.10. The standard InChI is InChI=1S/C3H12N3P3S/c10-3-1-2-9-5-7-4-8-6-9/h4-8,10H,1-3H2. The third-order valence-corrected chi connectivity index (χ3v) is 6.18. The van der Waals surface area contributed by atoms with E-state index in [0.29, 0.717) is 0 Å². The van der Waals surface area contributed by atoms with Gasteiger partial charge < -0.3 is 0 Å². The molecule has 2 unspecified atom stereocenters. The summed E-state index contributed by atoms with van der Waals surface area (Å²) in [4.78, 5) is 10.0. The molecule has 0 amide bonds. The van der Waals surface area contributed by atoms with Crippen LogP contribution in [-0.2, 0) is 0 Å². The molecule has 1 saturated heterocycles. The molecular weight excluding hydrogens is 203 g/mol. The van der Waals surface area contributed by atoms with Crippen molar-refractivity contribution < 1.29 is 0 Å². The zero-order valence-electron chi connectivity index (χ0n) is 5.52. The van der Waals surface area contributed by atoms with Crippen LogP contribution in [0, 0.1) is 0 Å². The summed E-state index contributed by atoms with van der Waals surface area (Å²) in [5, 5.41) is 0. The van der Waals surface area contributed by atoms with E-state index in [0.717, 1.165) is 23.5 Å². The van der Waals surface area contributed by atoms with Crippen molar-refractivity contribution in [1.82, 2.24) is 14.6 Å². The molecule has 3 nitrogen and oxygen atoms in total. The molecule has 0 aromatic carbocycles. The van der Waals surface area contributed by atoms with Gasteiger partial charge in [-0.15, -0.1) is 0 Å². The summed E-state index contributed by atoms with van der Waals surface area (Å²) >= 11 is 4.16. The first-order chi connectivity index (χ1) is 4.93. The topological polar surface area (TPSA) is 36.1 Å². The Morgan fingerprint density at radius 2 is 2.00 bits per heavy atom. The lowest BCUT2D eigenvalue weighted by Crippen LogP contribution is -2.17. The van der Waals surface area contributed by atoms with Crippen molar-refractivity contribution in [3.05, 3.63) is 0 Å². The molecule has 0 radical (unpaired) electrons. The molecule has 0 aromatic heterocycles. The summed E-state index contributed by atoms with van der Waals surface area (Å²) in [6.07, 6.45) is 2.46. The Morgan fingerprint density at radius 1 is 1.30 bits per heavy atom. The average Bonchev–Trinajstić information content (AvgIpc) is 2.03. The minimum atomic E-state index is -0.0643. The van der Waals surface area contributed by atoms with Crippen molar-refractivity contribution >= 4 is 38.6 Å². The van der Waals surface area contributed by atoms with Crippen LogP contribution >= 0.6 is 38.6 Å². The SMILES string of the molecule is SCCCP1NPNPN1. The second kappa shape index (κ2) is 6.08. The smallest absolute Gasteiger partial charge is 0.0428 e. The highest BCUT2D eigenvalue weighted by molar-refractivity contribution is 7.80. The van der Waals surface area contributed by atoms with Gasteiger partial charge in [0.15, 0.2) is 0 Å². The summed E-state index contributed by atoms with van der Waals surface area (Å²) in [5.41, 5.74) is 0. The number of nitrogens with one attached hydrogen (secondary N) is 3. The van der Waals surface area contributed by atoms with E-state index in [-0.39, 0.29) is 8.22 Å². The van der Waals surface area contributed by atoms with Gasteiger partial charge in [0, 0.05) is 26.0 Å². The lowest BCUT2D eigenvalue weighted by Gasteiger charge is -2.24. The van der Waals surface area contributed by atoms with Crippen molar-refractivity contribution in [2.45, 2.75) is 6.42 Å². The fourth-order valence-corrected chi connectivity index (χ4v) is 5.88. The predicted molar refractivity (Wildman–Crippen MR) is 56.3 cm³/mol. The van der Waals surface area contributed by atoms with Crippen LogP contribution in [-0.4, -0.2) is 11.9 Å². The zero-order chi connectivity index (χ0) is 7.23. The van der Waals surface area contributed by atoms with Crippen molar-refractivity contribution in [1.29, 1.82) is 0 Å². The Labute approximate surface area is 71.9 Å². The van der Waals surface area contributed by atoms with Gasteiger partial charge in [-0.25, -0.2) is 0 Å². The Balaban J connectivity index is 2.02. The van der Waals surface area contributed by atoms with E-state index < -0.39 is 0 Å². The average molecular weight is 215 g/mol. The highest BCUT2D eigenvalue weighted by Crippen LogP contribution is 2.39. The first kappa shape index (κ1) is 9.61. The number of thiol groups is 1. The molecule has 0 spiro atoms. The maximum Gasteiger partial charge on any atom is 0.0428 e. The molecular formula is C3H12N3P3S. The van der Waals surface area contributed by atoms with Gasteiger partial charge in [-0.2, -0.15) is 12.6 Å². The van der Waals surface area contributed by atoms with E-state index in [2.05, 4.69) is 27.2 Å². The first-order valence-corrected chi connectivity index (χ1v) is 7.24. The van der Waals surface area contributed by atoms with Gasteiger partial charge in [0.25, 0.3) is 0 Å². The fraction of sp³-hybridized carbons (Fsp3) is 1.00. The van der Waals surface area contributed by atoms with Gasteiger partial charge in [0.05, 0.1) is 0 Å². The van der Waals surface area contributed by atoms with Crippen LogP contribution in [0.5, 0.6) is 0 Å². The molecule has 1 aliphatic rings.